The lowest BCUT2D eigenvalue weighted by Crippen LogP contribution is -2.29. The first-order valence-electron chi connectivity index (χ1n) is 6.31. The minimum atomic E-state index is 0.663. The van der Waals surface area contributed by atoms with E-state index in [9.17, 15) is 0 Å². The fraction of sp³-hybridized carbons (Fsp3) is 0.286. The third kappa shape index (κ3) is 4.71. The van der Waals surface area contributed by atoms with Gasteiger partial charge in [-0.1, -0.05) is 12.1 Å². The molecule has 2 rings (SSSR count). The Morgan fingerprint density at radius 2 is 2.32 bits per heavy atom. The molecule has 19 heavy (non-hydrogen) atoms. The molecule has 4 nitrogen and oxygen atoms in total. The molecule has 0 radical (unpaired) electrons. The lowest BCUT2D eigenvalue weighted by molar-refractivity contribution is 0.632. The molecule has 100 valence electrons. The molecule has 0 spiro atoms. The Labute approximate surface area is 118 Å². The van der Waals surface area contributed by atoms with E-state index in [1.165, 1.54) is 5.56 Å². The fourth-order valence-electron chi connectivity index (χ4n) is 1.78. The van der Waals surface area contributed by atoms with Crippen molar-refractivity contribution in [1.29, 1.82) is 0 Å². The van der Waals surface area contributed by atoms with Crippen LogP contribution in [-0.4, -0.2) is 21.2 Å². The maximum absolute atomic E-state index is 5.25. The van der Waals surface area contributed by atoms with Gasteiger partial charge in [0.1, 0.15) is 0 Å². The van der Waals surface area contributed by atoms with Crippen LogP contribution in [0, 0.1) is 6.92 Å². The summed E-state index contributed by atoms with van der Waals surface area (Å²) in [5.41, 5.74) is 2.24. The van der Waals surface area contributed by atoms with Gasteiger partial charge in [-0.3, -0.25) is 0 Å². The minimum absolute atomic E-state index is 0.663. The van der Waals surface area contributed by atoms with Crippen molar-refractivity contribution < 1.29 is 0 Å². The lowest BCUT2D eigenvalue weighted by Gasteiger charge is -2.11. The zero-order valence-electron chi connectivity index (χ0n) is 11.0. The second kappa shape index (κ2) is 6.89. The molecule has 0 aliphatic rings. The van der Waals surface area contributed by atoms with Crippen molar-refractivity contribution in [2.75, 3.05) is 11.9 Å². The standard InChI is InChI=1S/C14H18N4S/c1-12-4-2-5-13(10-12)17-14(19)16-6-3-8-18-9-7-15-11-18/h2,4-5,7,9-11H,3,6,8H2,1H3,(H2,16,17,19). The quantitative estimate of drug-likeness (QED) is 0.649. The van der Waals surface area contributed by atoms with E-state index >= 15 is 0 Å². The largest absolute Gasteiger partial charge is 0.362 e. The molecule has 5 heteroatoms. The minimum Gasteiger partial charge on any atom is -0.362 e. The van der Waals surface area contributed by atoms with Crippen LogP contribution in [0.15, 0.2) is 43.0 Å². The number of nitrogens with zero attached hydrogens (tertiary/aromatic N) is 2. The maximum atomic E-state index is 5.25. The Morgan fingerprint density at radius 3 is 3.05 bits per heavy atom. The van der Waals surface area contributed by atoms with Gasteiger partial charge in [-0.25, -0.2) is 4.98 Å². The van der Waals surface area contributed by atoms with Crippen LogP contribution in [0.25, 0.3) is 0 Å². The smallest absolute Gasteiger partial charge is 0.170 e. The second-order valence-electron chi connectivity index (χ2n) is 4.40. The number of rotatable bonds is 5. The molecule has 0 saturated carbocycles. The Bertz CT molecular complexity index is 522. The molecular formula is C14H18N4S. The molecule has 0 fully saturated rings. The van der Waals surface area contributed by atoms with E-state index in [2.05, 4.69) is 39.2 Å². The number of benzene rings is 1. The Balaban J connectivity index is 1.67. The first kappa shape index (κ1) is 13.5. The van der Waals surface area contributed by atoms with Crippen molar-refractivity contribution in [3.63, 3.8) is 0 Å². The second-order valence-corrected chi connectivity index (χ2v) is 4.81. The van der Waals surface area contributed by atoms with Gasteiger partial charge in [0, 0.05) is 31.2 Å². The predicted octanol–water partition coefficient (Wildman–Crippen LogP) is 2.57. The van der Waals surface area contributed by atoms with Crippen molar-refractivity contribution in [2.24, 2.45) is 0 Å². The summed E-state index contributed by atoms with van der Waals surface area (Å²) in [4.78, 5) is 4.00. The Morgan fingerprint density at radius 1 is 1.42 bits per heavy atom. The van der Waals surface area contributed by atoms with Gasteiger partial charge >= 0.3 is 0 Å². The van der Waals surface area contributed by atoms with E-state index in [1.807, 2.05) is 24.7 Å². The highest BCUT2D eigenvalue weighted by atomic mass is 32.1. The molecule has 0 aliphatic heterocycles. The van der Waals surface area contributed by atoms with Gasteiger partial charge in [0.25, 0.3) is 0 Å². The number of hydrogen-bond acceptors (Lipinski definition) is 2. The van der Waals surface area contributed by atoms with E-state index in [-0.39, 0.29) is 0 Å². The predicted molar refractivity (Wildman–Crippen MR) is 82.2 cm³/mol. The topological polar surface area (TPSA) is 41.9 Å². The Kier molecular flexibility index (Phi) is 4.92. The summed E-state index contributed by atoms with van der Waals surface area (Å²) in [7, 11) is 0. The molecule has 0 unspecified atom stereocenters. The number of nitrogens with one attached hydrogen (secondary N) is 2. The highest BCUT2D eigenvalue weighted by molar-refractivity contribution is 7.80. The molecule has 0 aliphatic carbocycles. The van der Waals surface area contributed by atoms with Crippen LogP contribution in [0.3, 0.4) is 0 Å². The zero-order chi connectivity index (χ0) is 13.5. The van der Waals surface area contributed by atoms with Crippen LogP contribution in [0.5, 0.6) is 0 Å². The molecule has 1 heterocycles. The van der Waals surface area contributed by atoms with E-state index in [4.69, 9.17) is 12.2 Å². The Hall–Kier alpha value is -1.88. The summed E-state index contributed by atoms with van der Waals surface area (Å²) in [6.45, 7) is 3.85. The van der Waals surface area contributed by atoms with Crippen LogP contribution in [0.1, 0.15) is 12.0 Å². The van der Waals surface area contributed by atoms with Crippen LogP contribution in [0.4, 0.5) is 5.69 Å². The average molecular weight is 274 g/mol. The van der Waals surface area contributed by atoms with Crippen LogP contribution in [-0.2, 0) is 6.54 Å². The highest BCUT2D eigenvalue weighted by Gasteiger charge is 1.97. The van der Waals surface area contributed by atoms with Crippen molar-refractivity contribution in [3.8, 4) is 0 Å². The molecular weight excluding hydrogens is 256 g/mol. The number of anilines is 1. The summed E-state index contributed by atoms with van der Waals surface area (Å²) in [6, 6.07) is 8.15. The van der Waals surface area contributed by atoms with E-state index < -0.39 is 0 Å². The van der Waals surface area contributed by atoms with Gasteiger partial charge in [-0.05, 0) is 43.3 Å². The summed E-state index contributed by atoms with van der Waals surface area (Å²) in [5.74, 6) is 0. The average Bonchev–Trinajstić information content (AvgIpc) is 2.88. The van der Waals surface area contributed by atoms with Crippen molar-refractivity contribution in [3.05, 3.63) is 48.5 Å². The third-order valence-electron chi connectivity index (χ3n) is 2.71. The van der Waals surface area contributed by atoms with Crippen molar-refractivity contribution in [2.45, 2.75) is 19.9 Å². The zero-order valence-corrected chi connectivity index (χ0v) is 11.8. The normalized spacial score (nSPS) is 10.2. The SMILES string of the molecule is Cc1cccc(NC(=S)NCCCn2ccnc2)c1. The first-order valence-corrected chi connectivity index (χ1v) is 6.72. The van der Waals surface area contributed by atoms with Gasteiger partial charge in [0.2, 0.25) is 0 Å². The van der Waals surface area contributed by atoms with Gasteiger partial charge in [0.15, 0.2) is 5.11 Å². The molecule has 0 saturated heterocycles. The lowest BCUT2D eigenvalue weighted by atomic mass is 10.2. The summed E-state index contributed by atoms with van der Waals surface area (Å²) < 4.78 is 2.05. The summed E-state index contributed by atoms with van der Waals surface area (Å²) >= 11 is 5.25. The molecule has 0 bridgehead atoms. The van der Waals surface area contributed by atoms with Gasteiger partial charge in [0.05, 0.1) is 6.33 Å². The number of imidazole rings is 1. The van der Waals surface area contributed by atoms with Gasteiger partial charge in [-0.15, -0.1) is 0 Å². The van der Waals surface area contributed by atoms with Crippen LogP contribution in [0.2, 0.25) is 0 Å². The van der Waals surface area contributed by atoms with Crippen molar-refractivity contribution in [1.82, 2.24) is 14.9 Å². The van der Waals surface area contributed by atoms with Crippen LogP contribution < -0.4 is 10.6 Å². The summed E-state index contributed by atoms with van der Waals surface area (Å²) in [6.07, 6.45) is 6.58. The van der Waals surface area contributed by atoms with Crippen molar-refractivity contribution >= 4 is 23.0 Å². The van der Waals surface area contributed by atoms with E-state index in [0.29, 0.717) is 5.11 Å². The third-order valence-corrected chi connectivity index (χ3v) is 2.96. The number of thiocarbonyl (C=S) groups is 1. The number of hydrogen-bond donors (Lipinski definition) is 2. The fourth-order valence-corrected chi connectivity index (χ4v) is 2.00. The molecule has 2 aromatic rings. The molecule has 1 aromatic carbocycles. The maximum Gasteiger partial charge on any atom is 0.170 e. The number of aromatic nitrogens is 2. The van der Waals surface area contributed by atoms with E-state index in [0.717, 1.165) is 25.2 Å². The van der Waals surface area contributed by atoms with E-state index in [1.54, 1.807) is 6.20 Å². The van der Waals surface area contributed by atoms with Gasteiger partial charge < -0.3 is 15.2 Å². The molecule has 1 aromatic heterocycles. The first-order chi connectivity index (χ1) is 9.24. The molecule has 0 atom stereocenters. The monoisotopic (exact) mass is 274 g/mol. The molecule has 0 amide bonds. The number of aryl methyl sites for hydroxylation is 2. The molecule has 2 N–H and O–H groups in total. The van der Waals surface area contributed by atoms with Gasteiger partial charge in [-0.2, -0.15) is 0 Å². The summed E-state index contributed by atoms with van der Waals surface area (Å²) in [5, 5.41) is 7.04. The van der Waals surface area contributed by atoms with Crippen LogP contribution >= 0.6 is 12.2 Å². The highest BCUT2D eigenvalue weighted by Crippen LogP contribution is 2.08.